The molecule has 11 heteroatoms. The normalized spacial score (nSPS) is 23.1. The van der Waals surface area contributed by atoms with Crippen LogP contribution in [0.5, 0.6) is 0 Å². The zero-order chi connectivity index (χ0) is 22.4. The van der Waals surface area contributed by atoms with Gasteiger partial charge in [0.15, 0.2) is 5.65 Å². The molecule has 0 radical (unpaired) electrons. The van der Waals surface area contributed by atoms with Crippen molar-refractivity contribution in [1.82, 2.24) is 29.7 Å². The zero-order valence-corrected chi connectivity index (χ0v) is 17.0. The number of likely N-dealkylation sites (N-methyl/N-ethyl adjacent to an activating group) is 1. The zero-order valence-electron chi connectivity index (χ0n) is 17.0. The molecule has 1 aliphatic heterocycles. The summed E-state index contributed by atoms with van der Waals surface area (Å²) in [5, 5.41) is 11.1. The second-order valence-electron chi connectivity index (χ2n) is 7.66. The van der Waals surface area contributed by atoms with E-state index in [-0.39, 0.29) is 11.7 Å². The molecule has 0 bridgehead atoms. The average Bonchev–Trinajstić information content (AvgIpc) is 3.42. The number of hydrogen-bond acceptors (Lipinski definition) is 5. The van der Waals surface area contributed by atoms with Crippen LogP contribution >= 0.6 is 0 Å². The number of nitrogens with zero attached hydrogens (tertiary/aromatic N) is 6. The van der Waals surface area contributed by atoms with E-state index in [2.05, 4.69) is 20.5 Å². The molecular formula is C21H19F2N7O2. The van der Waals surface area contributed by atoms with E-state index in [0.29, 0.717) is 30.1 Å². The molecule has 3 aromatic heterocycles. The van der Waals surface area contributed by atoms with E-state index in [1.165, 1.54) is 15.5 Å². The number of anilines is 1. The summed E-state index contributed by atoms with van der Waals surface area (Å²) in [6.45, 7) is 0.455. The second kappa shape index (κ2) is 7.66. The Morgan fingerprint density at radius 1 is 1.28 bits per heavy atom. The van der Waals surface area contributed by atoms with Gasteiger partial charge in [0, 0.05) is 19.7 Å². The summed E-state index contributed by atoms with van der Waals surface area (Å²) in [6, 6.07) is 5.81. The quantitative estimate of drug-likeness (QED) is 0.673. The third kappa shape index (κ3) is 3.35. The Morgan fingerprint density at radius 2 is 2.12 bits per heavy atom. The van der Waals surface area contributed by atoms with Crippen LogP contribution in [0.3, 0.4) is 0 Å². The second-order valence-corrected chi connectivity index (χ2v) is 7.66. The standard InChI is InChI=1S/C21H19F2N7O2/c1-28-18-7-9-24-29(18)10-8-15(21(28)32)25-20(31)19-26-17-4-2-3-16(30(17)27-19)13-11-12(22)5-6-14(13)23/h2-7,9,11,13-15H,8,10H2,1H3,(H,25,31)/t13?,14?,15-/m0/s1. The molecule has 1 N–H and O–H groups in total. The minimum atomic E-state index is -1.44. The van der Waals surface area contributed by atoms with Crippen LogP contribution < -0.4 is 10.2 Å². The van der Waals surface area contributed by atoms with Gasteiger partial charge in [0.05, 0.1) is 17.8 Å². The lowest BCUT2D eigenvalue weighted by Crippen LogP contribution is -2.47. The van der Waals surface area contributed by atoms with Crippen molar-refractivity contribution in [1.29, 1.82) is 0 Å². The van der Waals surface area contributed by atoms with Crippen LogP contribution in [0.1, 0.15) is 28.7 Å². The van der Waals surface area contributed by atoms with E-state index in [4.69, 9.17) is 0 Å². The number of rotatable bonds is 3. The smallest absolute Gasteiger partial charge is 0.291 e. The number of pyridine rings is 1. The van der Waals surface area contributed by atoms with Gasteiger partial charge in [0.1, 0.15) is 23.9 Å². The number of carbonyl (C=O) groups is 2. The van der Waals surface area contributed by atoms with Gasteiger partial charge < -0.3 is 5.32 Å². The SMILES string of the molecule is CN1C(=O)[C@@H](NC(=O)c2nc3cccc(C4C=C(F)C=CC4F)n3n2)CCn2nccc21. The van der Waals surface area contributed by atoms with Crippen molar-refractivity contribution in [2.45, 2.75) is 31.1 Å². The topological polar surface area (TPSA) is 97.4 Å². The molecule has 0 fully saturated rings. The molecule has 9 nitrogen and oxygen atoms in total. The number of allylic oxidation sites excluding steroid dienone is 4. The summed E-state index contributed by atoms with van der Waals surface area (Å²) in [7, 11) is 1.62. The first-order chi connectivity index (χ1) is 15.4. The Hall–Kier alpha value is -3.89. The number of nitrogens with one attached hydrogen (secondary N) is 1. The number of amides is 2. The van der Waals surface area contributed by atoms with Crippen LogP contribution in [-0.4, -0.2) is 55.5 Å². The number of aromatic nitrogens is 5. The molecule has 164 valence electrons. The molecule has 5 rings (SSSR count). The van der Waals surface area contributed by atoms with Crippen molar-refractivity contribution in [2.24, 2.45) is 0 Å². The maximum Gasteiger partial charge on any atom is 0.291 e. The Kier molecular flexibility index (Phi) is 4.80. The van der Waals surface area contributed by atoms with Crippen LogP contribution in [0, 0.1) is 0 Å². The molecule has 0 aromatic carbocycles. The number of alkyl halides is 1. The predicted molar refractivity (Wildman–Crippen MR) is 110 cm³/mol. The summed E-state index contributed by atoms with van der Waals surface area (Å²) >= 11 is 0. The molecule has 2 unspecified atom stereocenters. The highest BCUT2D eigenvalue weighted by atomic mass is 19.1. The van der Waals surface area contributed by atoms with Crippen LogP contribution in [0.2, 0.25) is 0 Å². The summed E-state index contributed by atoms with van der Waals surface area (Å²) < 4.78 is 31.2. The molecule has 2 aliphatic rings. The van der Waals surface area contributed by atoms with Crippen molar-refractivity contribution in [3.63, 3.8) is 0 Å². The van der Waals surface area contributed by atoms with Crippen molar-refractivity contribution >= 4 is 23.3 Å². The maximum atomic E-state index is 14.4. The number of halogens is 2. The van der Waals surface area contributed by atoms with Crippen molar-refractivity contribution < 1.29 is 18.4 Å². The minimum Gasteiger partial charge on any atom is -0.337 e. The summed E-state index contributed by atoms with van der Waals surface area (Å²) in [6.07, 6.45) is 3.92. The molecular weight excluding hydrogens is 420 g/mol. The van der Waals surface area contributed by atoms with Gasteiger partial charge in [-0.15, -0.1) is 5.10 Å². The third-order valence-corrected chi connectivity index (χ3v) is 5.66. The number of carbonyl (C=O) groups excluding carboxylic acids is 2. The molecule has 2 amide bonds. The Morgan fingerprint density at radius 3 is 2.97 bits per heavy atom. The van der Waals surface area contributed by atoms with Gasteiger partial charge in [-0.05, 0) is 36.8 Å². The van der Waals surface area contributed by atoms with E-state index in [0.717, 1.165) is 12.2 Å². The highest BCUT2D eigenvalue weighted by Crippen LogP contribution is 2.30. The maximum absolute atomic E-state index is 14.4. The van der Waals surface area contributed by atoms with Gasteiger partial charge in [-0.3, -0.25) is 14.5 Å². The summed E-state index contributed by atoms with van der Waals surface area (Å²) in [5.74, 6) is -1.88. The van der Waals surface area contributed by atoms with Crippen LogP contribution in [0.4, 0.5) is 14.6 Å². The highest BCUT2D eigenvalue weighted by Gasteiger charge is 2.31. The largest absolute Gasteiger partial charge is 0.337 e. The van der Waals surface area contributed by atoms with Gasteiger partial charge in [0.25, 0.3) is 11.8 Å². The fraction of sp³-hybridized carbons (Fsp3) is 0.286. The lowest BCUT2D eigenvalue weighted by Gasteiger charge is -2.20. The van der Waals surface area contributed by atoms with Gasteiger partial charge >= 0.3 is 0 Å². The van der Waals surface area contributed by atoms with E-state index in [1.54, 1.807) is 42.2 Å². The lowest BCUT2D eigenvalue weighted by atomic mass is 9.94. The average molecular weight is 439 g/mol. The van der Waals surface area contributed by atoms with E-state index in [9.17, 15) is 18.4 Å². The molecule has 32 heavy (non-hydrogen) atoms. The van der Waals surface area contributed by atoms with Gasteiger partial charge in [0.2, 0.25) is 5.82 Å². The molecule has 1 aliphatic carbocycles. The Labute approximate surface area is 181 Å². The Bertz CT molecular complexity index is 1280. The van der Waals surface area contributed by atoms with Crippen LogP contribution in [-0.2, 0) is 11.3 Å². The Balaban J connectivity index is 1.41. The van der Waals surface area contributed by atoms with Gasteiger partial charge in [-0.1, -0.05) is 6.07 Å². The molecule has 4 heterocycles. The van der Waals surface area contributed by atoms with Crippen molar-refractivity contribution in [3.05, 3.63) is 66.0 Å². The fourth-order valence-corrected chi connectivity index (χ4v) is 4.01. The fourth-order valence-electron chi connectivity index (χ4n) is 4.01. The molecule has 0 saturated heterocycles. The van der Waals surface area contributed by atoms with E-state index in [1.807, 2.05) is 0 Å². The molecule has 3 atom stereocenters. The highest BCUT2D eigenvalue weighted by molar-refractivity contribution is 6.00. The number of hydrogen-bond donors (Lipinski definition) is 1. The number of fused-ring (bicyclic) bond motifs is 2. The first-order valence-corrected chi connectivity index (χ1v) is 10.1. The molecule has 3 aromatic rings. The monoisotopic (exact) mass is 439 g/mol. The summed E-state index contributed by atoms with van der Waals surface area (Å²) in [4.78, 5) is 31.3. The lowest BCUT2D eigenvalue weighted by molar-refractivity contribution is -0.120. The predicted octanol–water partition coefficient (Wildman–Crippen LogP) is 1.94. The third-order valence-electron chi connectivity index (χ3n) is 5.66. The van der Waals surface area contributed by atoms with Crippen LogP contribution in [0.25, 0.3) is 5.65 Å². The number of aryl methyl sites for hydroxylation is 1. The molecule has 0 saturated carbocycles. The van der Waals surface area contributed by atoms with Gasteiger partial charge in [-0.25, -0.2) is 23.0 Å². The first-order valence-electron chi connectivity index (χ1n) is 10.1. The van der Waals surface area contributed by atoms with Crippen molar-refractivity contribution in [2.75, 3.05) is 11.9 Å². The van der Waals surface area contributed by atoms with Crippen LogP contribution in [0.15, 0.2) is 54.5 Å². The first kappa shape index (κ1) is 20.0. The van der Waals surface area contributed by atoms with E-state index >= 15 is 0 Å². The van der Waals surface area contributed by atoms with Gasteiger partial charge in [-0.2, -0.15) is 5.10 Å². The minimum absolute atomic E-state index is 0.166. The van der Waals surface area contributed by atoms with Crippen molar-refractivity contribution in [3.8, 4) is 0 Å². The molecule has 0 spiro atoms. The van der Waals surface area contributed by atoms with E-state index < -0.39 is 29.9 Å². The summed E-state index contributed by atoms with van der Waals surface area (Å²) in [5.41, 5.74) is 0.671.